The number of nitrogens with one attached hydrogen (secondary N) is 3. The number of amides is 2. The van der Waals surface area contributed by atoms with E-state index in [4.69, 9.17) is 0 Å². The summed E-state index contributed by atoms with van der Waals surface area (Å²) in [5.74, 6) is 0.670. The van der Waals surface area contributed by atoms with E-state index in [1.807, 2.05) is 91.0 Å². The molecule has 43 heavy (non-hydrogen) atoms. The molecule has 0 unspecified atom stereocenters. The lowest BCUT2D eigenvalue weighted by Crippen LogP contribution is -2.56. The Hall–Kier alpha value is -3.93. The number of hydrogen-bond donors (Lipinski definition) is 4. The van der Waals surface area contributed by atoms with E-state index in [0.29, 0.717) is 18.4 Å². The van der Waals surface area contributed by atoms with Gasteiger partial charge in [-0.05, 0) is 80.2 Å². The van der Waals surface area contributed by atoms with Crippen LogP contribution in [0.1, 0.15) is 67.3 Å². The molecule has 1 saturated carbocycles. The molecule has 4 aromatic carbocycles. The Morgan fingerprint density at radius 2 is 1.28 bits per heavy atom. The fraction of sp³-hybridized carbons (Fsp3) is 0.342. The Kier molecular flexibility index (Phi) is 10.6. The van der Waals surface area contributed by atoms with Gasteiger partial charge in [0.15, 0.2) is 0 Å². The molecule has 0 aliphatic heterocycles. The van der Waals surface area contributed by atoms with Crippen molar-refractivity contribution in [2.24, 2.45) is 5.92 Å². The van der Waals surface area contributed by atoms with Crippen molar-refractivity contribution < 1.29 is 9.90 Å². The minimum Gasteiger partial charge on any atom is -0.378 e. The molecule has 5 heteroatoms. The minimum atomic E-state index is -1.42. The van der Waals surface area contributed by atoms with Crippen molar-refractivity contribution in [2.75, 3.05) is 6.54 Å². The molecule has 2 amide bonds. The van der Waals surface area contributed by atoms with Gasteiger partial charge in [0.1, 0.15) is 5.60 Å². The molecule has 0 heterocycles. The van der Waals surface area contributed by atoms with Crippen LogP contribution in [0.25, 0.3) is 0 Å². The smallest absolute Gasteiger partial charge is 0.315 e. The van der Waals surface area contributed by atoms with Crippen molar-refractivity contribution in [2.45, 2.75) is 69.2 Å². The molecule has 4 N–H and O–H groups in total. The van der Waals surface area contributed by atoms with Crippen LogP contribution in [-0.4, -0.2) is 29.8 Å². The standard InChI is InChI=1S/C38H45N3O2/c1-29(32-16-8-3-9-17-32)39-27-26-30-22-24-35(25-23-30)40-37(42)41-36(28-31-14-6-2-7-15-31)38(43,33-18-10-4-11-19-33)34-20-12-5-13-21-34/h2-21,29-30,35-36,39,43H,22-28H2,1H3,(H2,40,41,42)/t29-,30?,35?,36-/m1/s1. The van der Waals surface area contributed by atoms with Crippen LogP contribution >= 0.6 is 0 Å². The van der Waals surface area contributed by atoms with Crippen LogP contribution in [0.3, 0.4) is 0 Å². The summed E-state index contributed by atoms with van der Waals surface area (Å²) in [6.45, 7) is 3.22. The van der Waals surface area contributed by atoms with E-state index < -0.39 is 11.6 Å². The van der Waals surface area contributed by atoms with Gasteiger partial charge in [0, 0.05) is 12.1 Å². The molecule has 0 saturated heterocycles. The molecule has 1 aliphatic rings. The van der Waals surface area contributed by atoms with Gasteiger partial charge in [-0.2, -0.15) is 0 Å². The fourth-order valence-corrected chi connectivity index (χ4v) is 6.45. The van der Waals surface area contributed by atoms with Crippen molar-refractivity contribution in [3.63, 3.8) is 0 Å². The van der Waals surface area contributed by atoms with Crippen LogP contribution in [0.4, 0.5) is 4.79 Å². The molecular formula is C38H45N3O2. The quantitative estimate of drug-likeness (QED) is 0.145. The van der Waals surface area contributed by atoms with Crippen LogP contribution in [0, 0.1) is 5.92 Å². The molecular weight excluding hydrogens is 530 g/mol. The van der Waals surface area contributed by atoms with E-state index in [1.165, 1.54) is 5.56 Å². The molecule has 224 valence electrons. The zero-order valence-corrected chi connectivity index (χ0v) is 25.2. The zero-order chi connectivity index (χ0) is 29.9. The van der Waals surface area contributed by atoms with E-state index in [0.717, 1.165) is 55.3 Å². The van der Waals surface area contributed by atoms with E-state index in [-0.39, 0.29) is 12.1 Å². The Morgan fingerprint density at radius 3 is 1.84 bits per heavy atom. The molecule has 1 aliphatic carbocycles. The summed E-state index contributed by atoms with van der Waals surface area (Å²) >= 11 is 0. The molecule has 4 aromatic rings. The summed E-state index contributed by atoms with van der Waals surface area (Å²) < 4.78 is 0. The highest BCUT2D eigenvalue weighted by molar-refractivity contribution is 5.75. The van der Waals surface area contributed by atoms with Crippen molar-refractivity contribution in [1.29, 1.82) is 0 Å². The summed E-state index contributed by atoms with van der Waals surface area (Å²) in [6.07, 6.45) is 5.79. The van der Waals surface area contributed by atoms with Crippen molar-refractivity contribution >= 4 is 6.03 Å². The lowest BCUT2D eigenvalue weighted by Gasteiger charge is -2.38. The summed E-state index contributed by atoms with van der Waals surface area (Å²) in [5, 5.41) is 22.6. The van der Waals surface area contributed by atoms with E-state index in [2.05, 4.69) is 53.2 Å². The second-order valence-electron chi connectivity index (χ2n) is 12.0. The SMILES string of the molecule is C[C@@H](NCCC1CCC(NC(=O)N[C@H](Cc2ccccc2)C(O)(c2ccccc2)c2ccccc2)CC1)c1ccccc1. The number of carbonyl (C=O) groups excluding carboxylic acids is 1. The second kappa shape index (κ2) is 15.0. The first-order valence-corrected chi connectivity index (χ1v) is 15.7. The third-order valence-electron chi connectivity index (χ3n) is 9.00. The first-order chi connectivity index (χ1) is 21.0. The van der Waals surface area contributed by atoms with Gasteiger partial charge in [0.25, 0.3) is 0 Å². The van der Waals surface area contributed by atoms with Gasteiger partial charge in [0.2, 0.25) is 0 Å². The van der Waals surface area contributed by atoms with Gasteiger partial charge in [-0.3, -0.25) is 0 Å². The maximum absolute atomic E-state index is 13.5. The van der Waals surface area contributed by atoms with Crippen LogP contribution in [0.2, 0.25) is 0 Å². The number of carbonyl (C=O) groups is 1. The predicted molar refractivity (Wildman–Crippen MR) is 175 cm³/mol. The van der Waals surface area contributed by atoms with Gasteiger partial charge >= 0.3 is 6.03 Å². The Labute approximate surface area is 256 Å². The molecule has 5 rings (SSSR count). The monoisotopic (exact) mass is 575 g/mol. The molecule has 0 aromatic heterocycles. The van der Waals surface area contributed by atoms with E-state index in [9.17, 15) is 9.90 Å². The number of rotatable bonds is 12. The van der Waals surface area contributed by atoms with Crippen LogP contribution in [0.5, 0.6) is 0 Å². The van der Waals surface area contributed by atoms with Gasteiger partial charge in [-0.25, -0.2) is 4.79 Å². The third-order valence-corrected chi connectivity index (χ3v) is 9.00. The Bertz CT molecular complexity index is 1330. The largest absolute Gasteiger partial charge is 0.378 e. The summed E-state index contributed by atoms with van der Waals surface area (Å²) in [4.78, 5) is 13.5. The summed E-state index contributed by atoms with van der Waals surface area (Å²) in [6, 6.07) is 39.6. The summed E-state index contributed by atoms with van der Waals surface area (Å²) in [5.41, 5.74) is 2.44. The molecule has 0 radical (unpaired) electrons. The molecule has 0 spiro atoms. The fourth-order valence-electron chi connectivity index (χ4n) is 6.45. The molecule has 1 fully saturated rings. The highest BCUT2D eigenvalue weighted by Gasteiger charge is 2.41. The lowest BCUT2D eigenvalue weighted by molar-refractivity contribution is 0.0404. The van der Waals surface area contributed by atoms with Crippen LogP contribution in [0.15, 0.2) is 121 Å². The van der Waals surface area contributed by atoms with Gasteiger partial charge < -0.3 is 21.1 Å². The lowest BCUT2D eigenvalue weighted by atomic mass is 9.77. The predicted octanol–water partition coefficient (Wildman–Crippen LogP) is 7.13. The summed E-state index contributed by atoms with van der Waals surface area (Å²) in [7, 11) is 0. The molecule has 0 bridgehead atoms. The molecule has 2 atom stereocenters. The van der Waals surface area contributed by atoms with Gasteiger partial charge in [-0.1, -0.05) is 121 Å². The number of urea groups is 1. The van der Waals surface area contributed by atoms with E-state index in [1.54, 1.807) is 0 Å². The minimum absolute atomic E-state index is 0.131. The first kappa shape index (κ1) is 30.5. The zero-order valence-electron chi connectivity index (χ0n) is 25.2. The first-order valence-electron chi connectivity index (χ1n) is 15.7. The number of hydrogen-bond acceptors (Lipinski definition) is 3. The average Bonchev–Trinajstić information content (AvgIpc) is 3.06. The topological polar surface area (TPSA) is 73.4 Å². The molecule has 5 nitrogen and oxygen atoms in total. The number of aliphatic hydroxyl groups is 1. The Balaban J connectivity index is 1.21. The van der Waals surface area contributed by atoms with Crippen LogP contribution in [-0.2, 0) is 12.0 Å². The van der Waals surface area contributed by atoms with Gasteiger partial charge in [-0.15, -0.1) is 0 Å². The second-order valence-corrected chi connectivity index (χ2v) is 12.0. The maximum Gasteiger partial charge on any atom is 0.315 e. The van der Waals surface area contributed by atoms with Crippen molar-refractivity contribution in [1.82, 2.24) is 16.0 Å². The van der Waals surface area contributed by atoms with Crippen molar-refractivity contribution in [3.05, 3.63) is 144 Å². The van der Waals surface area contributed by atoms with Crippen LogP contribution < -0.4 is 16.0 Å². The maximum atomic E-state index is 13.5. The van der Waals surface area contributed by atoms with Crippen molar-refractivity contribution in [3.8, 4) is 0 Å². The normalized spacial score (nSPS) is 18.4. The highest BCUT2D eigenvalue weighted by Crippen LogP contribution is 2.35. The van der Waals surface area contributed by atoms with Gasteiger partial charge in [0.05, 0.1) is 6.04 Å². The van der Waals surface area contributed by atoms with E-state index >= 15 is 0 Å². The number of benzene rings is 4. The third kappa shape index (κ3) is 8.13. The highest BCUT2D eigenvalue weighted by atomic mass is 16.3. The Morgan fingerprint density at radius 1 is 0.767 bits per heavy atom. The average molecular weight is 576 g/mol.